The summed E-state index contributed by atoms with van der Waals surface area (Å²) in [5.74, 6) is 5.76. The molecule has 1 unspecified atom stereocenters. The van der Waals surface area contributed by atoms with E-state index in [1.807, 2.05) is 17.5 Å². The topological polar surface area (TPSA) is 50.9 Å². The van der Waals surface area contributed by atoms with Gasteiger partial charge in [-0.1, -0.05) is 13.0 Å². The number of hydrogen-bond acceptors (Lipinski definition) is 4. The number of hydrogen-bond donors (Lipinski definition) is 2. The van der Waals surface area contributed by atoms with Crippen molar-refractivity contribution in [1.82, 2.24) is 10.4 Å². The molecule has 1 aliphatic rings. The molecule has 106 valence electrons. The van der Waals surface area contributed by atoms with Crippen LogP contribution in [-0.2, 0) is 25.7 Å². The van der Waals surface area contributed by atoms with E-state index >= 15 is 0 Å². The van der Waals surface area contributed by atoms with Crippen LogP contribution in [0.15, 0.2) is 24.4 Å². The lowest BCUT2D eigenvalue weighted by Crippen LogP contribution is -2.29. The summed E-state index contributed by atoms with van der Waals surface area (Å²) in [5.41, 5.74) is 6.86. The molecular formula is C16H21N3S. The maximum atomic E-state index is 5.76. The van der Waals surface area contributed by atoms with Gasteiger partial charge in [-0.05, 0) is 48.9 Å². The van der Waals surface area contributed by atoms with E-state index in [1.165, 1.54) is 35.3 Å². The zero-order valence-corrected chi connectivity index (χ0v) is 12.7. The van der Waals surface area contributed by atoms with Gasteiger partial charge >= 0.3 is 0 Å². The number of pyridine rings is 1. The molecule has 0 radical (unpaired) electrons. The maximum absolute atomic E-state index is 5.76. The monoisotopic (exact) mass is 287 g/mol. The molecular weight excluding hydrogens is 266 g/mol. The number of nitrogens with two attached hydrogens (primary N) is 1. The third kappa shape index (κ3) is 2.77. The number of rotatable bonds is 5. The summed E-state index contributed by atoms with van der Waals surface area (Å²) >= 11 is 1.91. The molecule has 0 aromatic carbocycles. The zero-order chi connectivity index (χ0) is 13.9. The number of nitrogens with one attached hydrogen (secondary N) is 1. The fourth-order valence-electron chi connectivity index (χ4n) is 2.76. The molecule has 3 N–H and O–H groups in total. The van der Waals surface area contributed by atoms with Gasteiger partial charge in [-0.25, -0.2) is 0 Å². The second kappa shape index (κ2) is 6.04. The van der Waals surface area contributed by atoms with E-state index in [0.717, 1.165) is 18.5 Å². The first kappa shape index (κ1) is 13.7. The largest absolute Gasteiger partial charge is 0.271 e. The molecule has 0 saturated carbocycles. The van der Waals surface area contributed by atoms with Crippen LogP contribution in [0.1, 0.15) is 46.0 Å². The van der Waals surface area contributed by atoms with Crippen molar-refractivity contribution in [3.63, 3.8) is 0 Å². The van der Waals surface area contributed by atoms with Crippen molar-refractivity contribution in [2.75, 3.05) is 0 Å². The first-order valence-corrected chi connectivity index (χ1v) is 8.13. The second-order valence-corrected chi connectivity index (χ2v) is 6.55. The fourth-order valence-corrected chi connectivity index (χ4v) is 4.08. The van der Waals surface area contributed by atoms with Gasteiger partial charge in [-0.3, -0.25) is 16.3 Å². The Morgan fingerprint density at radius 1 is 1.40 bits per heavy atom. The van der Waals surface area contributed by atoms with Crippen molar-refractivity contribution in [2.45, 2.75) is 45.1 Å². The lowest BCUT2D eigenvalue weighted by molar-refractivity contribution is 0.554. The van der Waals surface area contributed by atoms with Gasteiger partial charge in [-0.2, -0.15) is 0 Å². The first-order chi connectivity index (χ1) is 9.80. The molecule has 1 atom stereocenters. The maximum Gasteiger partial charge on any atom is 0.0608 e. The van der Waals surface area contributed by atoms with Gasteiger partial charge in [0.1, 0.15) is 0 Å². The summed E-state index contributed by atoms with van der Waals surface area (Å²) in [6.07, 6.45) is 7.62. The van der Waals surface area contributed by atoms with Gasteiger partial charge in [-0.15, -0.1) is 11.3 Å². The highest BCUT2D eigenvalue weighted by Crippen LogP contribution is 2.34. The Kier molecular flexibility index (Phi) is 4.15. The summed E-state index contributed by atoms with van der Waals surface area (Å²) in [7, 11) is 0. The van der Waals surface area contributed by atoms with Gasteiger partial charge in [0.2, 0.25) is 0 Å². The molecule has 0 spiro atoms. The second-order valence-electron chi connectivity index (χ2n) is 5.39. The standard InChI is InChI=1S/C16H21N3S/c1-2-11-6-7-13(18-10-11)9-14(19-17)16-8-12-4-3-5-15(12)20-16/h6-8,10,14,19H,2-5,9,17H2,1H3. The van der Waals surface area contributed by atoms with Crippen molar-refractivity contribution < 1.29 is 0 Å². The SMILES string of the molecule is CCc1ccc(CC(NN)c2cc3c(s2)CCC3)nc1. The average molecular weight is 287 g/mol. The predicted molar refractivity (Wildman–Crippen MR) is 83.7 cm³/mol. The summed E-state index contributed by atoms with van der Waals surface area (Å²) in [6.45, 7) is 2.15. The third-order valence-electron chi connectivity index (χ3n) is 4.02. The third-order valence-corrected chi connectivity index (χ3v) is 5.37. The Morgan fingerprint density at radius 3 is 2.95 bits per heavy atom. The Morgan fingerprint density at radius 2 is 2.30 bits per heavy atom. The smallest absolute Gasteiger partial charge is 0.0608 e. The summed E-state index contributed by atoms with van der Waals surface area (Å²) in [5, 5.41) is 0. The van der Waals surface area contributed by atoms with E-state index in [9.17, 15) is 0 Å². The van der Waals surface area contributed by atoms with E-state index in [0.29, 0.717) is 0 Å². The number of fused-ring (bicyclic) bond motifs is 1. The fraction of sp³-hybridized carbons (Fsp3) is 0.438. The predicted octanol–water partition coefficient (Wildman–Crippen LogP) is 2.94. The zero-order valence-electron chi connectivity index (χ0n) is 11.9. The minimum atomic E-state index is 0.172. The minimum absolute atomic E-state index is 0.172. The van der Waals surface area contributed by atoms with Crippen molar-refractivity contribution in [2.24, 2.45) is 5.84 Å². The van der Waals surface area contributed by atoms with Crippen molar-refractivity contribution in [3.8, 4) is 0 Å². The Hall–Kier alpha value is -1.23. The Balaban J connectivity index is 1.75. The first-order valence-electron chi connectivity index (χ1n) is 7.31. The van der Waals surface area contributed by atoms with Crippen molar-refractivity contribution in [1.29, 1.82) is 0 Å². The van der Waals surface area contributed by atoms with Crippen LogP contribution in [0.5, 0.6) is 0 Å². The van der Waals surface area contributed by atoms with Crippen LogP contribution >= 0.6 is 11.3 Å². The molecule has 0 bridgehead atoms. The lowest BCUT2D eigenvalue weighted by atomic mass is 10.1. The van der Waals surface area contributed by atoms with Crippen LogP contribution < -0.4 is 11.3 Å². The molecule has 0 fully saturated rings. The van der Waals surface area contributed by atoms with Crippen LogP contribution in [0, 0.1) is 0 Å². The molecule has 3 rings (SSSR count). The Bertz CT molecular complexity index is 552. The van der Waals surface area contributed by atoms with E-state index in [-0.39, 0.29) is 6.04 Å². The van der Waals surface area contributed by atoms with Gasteiger partial charge in [0.15, 0.2) is 0 Å². The molecule has 2 aromatic heterocycles. The molecule has 0 aliphatic heterocycles. The number of thiophene rings is 1. The molecule has 0 saturated heterocycles. The highest BCUT2D eigenvalue weighted by molar-refractivity contribution is 7.12. The number of nitrogens with zero attached hydrogens (tertiary/aromatic N) is 1. The number of hydrazine groups is 1. The van der Waals surface area contributed by atoms with Crippen molar-refractivity contribution >= 4 is 11.3 Å². The molecule has 4 heteroatoms. The molecule has 0 amide bonds. The van der Waals surface area contributed by atoms with E-state index in [2.05, 4.69) is 35.5 Å². The molecule has 1 aliphatic carbocycles. The Labute approximate surface area is 124 Å². The van der Waals surface area contributed by atoms with E-state index in [1.54, 1.807) is 4.88 Å². The van der Waals surface area contributed by atoms with Gasteiger partial charge in [0.25, 0.3) is 0 Å². The van der Waals surface area contributed by atoms with Crippen molar-refractivity contribution in [3.05, 3.63) is 51.0 Å². The number of aryl methyl sites for hydroxylation is 3. The van der Waals surface area contributed by atoms with Gasteiger partial charge < -0.3 is 0 Å². The summed E-state index contributed by atoms with van der Waals surface area (Å²) in [4.78, 5) is 7.43. The molecule has 20 heavy (non-hydrogen) atoms. The van der Waals surface area contributed by atoms with Crippen LogP contribution in [-0.4, -0.2) is 4.98 Å². The highest BCUT2D eigenvalue weighted by atomic mass is 32.1. The van der Waals surface area contributed by atoms with Crippen LogP contribution in [0.2, 0.25) is 0 Å². The normalized spacial score (nSPS) is 15.3. The van der Waals surface area contributed by atoms with Gasteiger partial charge in [0, 0.05) is 28.1 Å². The molecule has 3 nitrogen and oxygen atoms in total. The van der Waals surface area contributed by atoms with E-state index in [4.69, 9.17) is 5.84 Å². The summed E-state index contributed by atoms with van der Waals surface area (Å²) in [6, 6.07) is 6.78. The van der Waals surface area contributed by atoms with Crippen LogP contribution in [0.3, 0.4) is 0 Å². The number of aromatic nitrogens is 1. The quantitative estimate of drug-likeness (QED) is 0.656. The average Bonchev–Trinajstić information content (AvgIpc) is 3.06. The van der Waals surface area contributed by atoms with Crippen LogP contribution in [0.4, 0.5) is 0 Å². The van der Waals surface area contributed by atoms with E-state index < -0.39 is 0 Å². The van der Waals surface area contributed by atoms with Gasteiger partial charge in [0.05, 0.1) is 6.04 Å². The lowest BCUT2D eigenvalue weighted by Gasteiger charge is -2.14. The molecule has 2 heterocycles. The molecule has 2 aromatic rings. The van der Waals surface area contributed by atoms with Crippen LogP contribution in [0.25, 0.3) is 0 Å². The minimum Gasteiger partial charge on any atom is -0.271 e. The highest BCUT2D eigenvalue weighted by Gasteiger charge is 2.20. The summed E-state index contributed by atoms with van der Waals surface area (Å²) < 4.78 is 0.